The third-order valence-corrected chi connectivity index (χ3v) is 2.75. The van der Waals surface area contributed by atoms with E-state index in [4.69, 9.17) is 5.11 Å². The van der Waals surface area contributed by atoms with E-state index in [1.807, 2.05) is 0 Å². The standard InChI is InChI=1S/C9H14F3NO2/c1-5(2)13-4-3-6(8(14)15)7(13)9(10,11)12/h5-7H,3-4H2,1-2H3,(H,14,15)/t6-,7-/m0/s1. The lowest BCUT2D eigenvalue weighted by molar-refractivity contribution is -0.195. The van der Waals surface area contributed by atoms with E-state index >= 15 is 0 Å². The first-order valence-corrected chi connectivity index (χ1v) is 4.80. The fourth-order valence-corrected chi connectivity index (χ4v) is 2.07. The van der Waals surface area contributed by atoms with Crippen LogP contribution in [0.15, 0.2) is 0 Å². The van der Waals surface area contributed by atoms with Gasteiger partial charge < -0.3 is 5.11 Å². The predicted octanol–water partition coefficient (Wildman–Crippen LogP) is 1.73. The van der Waals surface area contributed by atoms with E-state index < -0.39 is 24.1 Å². The molecule has 0 amide bonds. The molecule has 1 aliphatic rings. The van der Waals surface area contributed by atoms with Crippen LogP contribution < -0.4 is 0 Å². The lowest BCUT2D eigenvalue weighted by Crippen LogP contribution is -2.49. The van der Waals surface area contributed by atoms with Crippen molar-refractivity contribution in [3.8, 4) is 0 Å². The molecule has 0 aliphatic carbocycles. The van der Waals surface area contributed by atoms with E-state index in [-0.39, 0.29) is 19.0 Å². The number of halogens is 3. The van der Waals surface area contributed by atoms with Gasteiger partial charge in [-0.15, -0.1) is 0 Å². The molecule has 0 radical (unpaired) electrons. The molecule has 1 heterocycles. The number of carboxylic acids is 1. The van der Waals surface area contributed by atoms with Crippen LogP contribution >= 0.6 is 0 Å². The molecule has 6 heteroatoms. The van der Waals surface area contributed by atoms with Crippen molar-refractivity contribution in [3.05, 3.63) is 0 Å². The molecular weight excluding hydrogens is 211 g/mol. The molecule has 0 aromatic rings. The molecule has 88 valence electrons. The van der Waals surface area contributed by atoms with Crippen molar-refractivity contribution in [2.75, 3.05) is 6.54 Å². The fraction of sp³-hybridized carbons (Fsp3) is 0.889. The van der Waals surface area contributed by atoms with Gasteiger partial charge in [-0.25, -0.2) is 0 Å². The second-order valence-corrected chi connectivity index (χ2v) is 4.05. The Kier molecular flexibility index (Phi) is 3.28. The van der Waals surface area contributed by atoms with Crippen molar-refractivity contribution in [2.24, 2.45) is 5.92 Å². The summed E-state index contributed by atoms with van der Waals surface area (Å²) in [7, 11) is 0. The first-order chi connectivity index (χ1) is 6.75. The first-order valence-electron chi connectivity index (χ1n) is 4.80. The van der Waals surface area contributed by atoms with Crippen LogP contribution in [-0.4, -0.2) is 40.8 Å². The summed E-state index contributed by atoms with van der Waals surface area (Å²) < 4.78 is 38.0. The minimum Gasteiger partial charge on any atom is -0.481 e. The summed E-state index contributed by atoms with van der Waals surface area (Å²) in [6, 6.07) is -2.13. The molecule has 0 bridgehead atoms. The molecule has 0 unspecified atom stereocenters. The monoisotopic (exact) mass is 225 g/mol. The van der Waals surface area contributed by atoms with Crippen LogP contribution in [0.2, 0.25) is 0 Å². The summed E-state index contributed by atoms with van der Waals surface area (Å²) >= 11 is 0. The Balaban J connectivity index is 2.93. The average molecular weight is 225 g/mol. The lowest BCUT2D eigenvalue weighted by Gasteiger charge is -2.31. The quantitative estimate of drug-likeness (QED) is 0.778. The summed E-state index contributed by atoms with van der Waals surface area (Å²) in [5, 5.41) is 8.72. The molecule has 15 heavy (non-hydrogen) atoms. The van der Waals surface area contributed by atoms with Crippen LogP contribution in [0.4, 0.5) is 13.2 Å². The van der Waals surface area contributed by atoms with E-state index in [0.717, 1.165) is 0 Å². The fourth-order valence-electron chi connectivity index (χ4n) is 2.07. The van der Waals surface area contributed by atoms with Gasteiger partial charge in [0.05, 0.1) is 5.92 Å². The van der Waals surface area contributed by atoms with Gasteiger partial charge in [-0.1, -0.05) is 0 Å². The highest BCUT2D eigenvalue weighted by molar-refractivity contribution is 5.71. The van der Waals surface area contributed by atoms with E-state index in [1.165, 1.54) is 4.90 Å². The van der Waals surface area contributed by atoms with Crippen molar-refractivity contribution < 1.29 is 23.1 Å². The van der Waals surface area contributed by atoms with Crippen LogP contribution in [-0.2, 0) is 4.79 Å². The highest BCUT2D eigenvalue weighted by Crippen LogP contribution is 2.37. The number of nitrogens with zero attached hydrogens (tertiary/aromatic N) is 1. The summed E-state index contributed by atoms with van der Waals surface area (Å²) in [6.07, 6.45) is -4.40. The number of carbonyl (C=O) groups is 1. The third-order valence-electron chi connectivity index (χ3n) is 2.75. The molecule has 2 atom stereocenters. The van der Waals surface area contributed by atoms with Gasteiger partial charge in [0.2, 0.25) is 0 Å². The van der Waals surface area contributed by atoms with Gasteiger partial charge in [0.1, 0.15) is 6.04 Å². The number of carboxylic acid groups (broad SMARTS) is 1. The van der Waals surface area contributed by atoms with Crippen LogP contribution in [0.3, 0.4) is 0 Å². The van der Waals surface area contributed by atoms with Gasteiger partial charge in [0.25, 0.3) is 0 Å². The van der Waals surface area contributed by atoms with Crippen LogP contribution in [0, 0.1) is 5.92 Å². The summed E-state index contributed by atoms with van der Waals surface area (Å²) in [4.78, 5) is 11.9. The topological polar surface area (TPSA) is 40.5 Å². The zero-order chi connectivity index (χ0) is 11.8. The summed E-state index contributed by atoms with van der Waals surface area (Å²) in [5.41, 5.74) is 0. The van der Waals surface area contributed by atoms with Crippen LogP contribution in [0.25, 0.3) is 0 Å². The lowest BCUT2D eigenvalue weighted by atomic mass is 10.00. The van der Waals surface area contributed by atoms with Crippen molar-refractivity contribution in [1.29, 1.82) is 0 Å². The summed E-state index contributed by atoms with van der Waals surface area (Å²) in [6.45, 7) is 3.48. The van der Waals surface area contributed by atoms with E-state index in [9.17, 15) is 18.0 Å². The van der Waals surface area contributed by atoms with Crippen LogP contribution in [0.5, 0.6) is 0 Å². The zero-order valence-electron chi connectivity index (χ0n) is 8.58. The number of likely N-dealkylation sites (tertiary alicyclic amines) is 1. The van der Waals surface area contributed by atoms with Gasteiger partial charge >= 0.3 is 12.1 Å². The molecular formula is C9H14F3NO2. The molecule has 1 saturated heterocycles. The Morgan fingerprint density at radius 2 is 2.00 bits per heavy atom. The Labute approximate surface area is 85.9 Å². The minimum atomic E-state index is -4.47. The number of aliphatic carboxylic acids is 1. The van der Waals surface area contributed by atoms with Gasteiger partial charge in [0.15, 0.2) is 0 Å². The van der Waals surface area contributed by atoms with Gasteiger partial charge in [-0.3, -0.25) is 9.69 Å². The van der Waals surface area contributed by atoms with E-state index in [2.05, 4.69) is 0 Å². The van der Waals surface area contributed by atoms with Crippen molar-refractivity contribution in [2.45, 2.75) is 38.5 Å². The Hall–Kier alpha value is -0.780. The molecule has 1 N–H and O–H groups in total. The minimum absolute atomic E-state index is 0.0672. The number of hydrogen-bond donors (Lipinski definition) is 1. The molecule has 0 aromatic heterocycles. The Morgan fingerprint density at radius 1 is 1.47 bits per heavy atom. The van der Waals surface area contributed by atoms with E-state index in [0.29, 0.717) is 0 Å². The van der Waals surface area contributed by atoms with Crippen molar-refractivity contribution in [1.82, 2.24) is 4.90 Å². The Bertz CT molecular complexity index is 252. The number of alkyl halides is 3. The smallest absolute Gasteiger partial charge is 0.404 e. The maximum absolute atomic E-state index is 12.7. The first kappa shape index (κ1) is 12.3. The largest absolute Gasteiger partial charge is 0.481 e. The van der Waals surface area contributed by atoms with E-state index in [1.54, 1.807) is 13.8 Å². The second kappa shape index (κ2) is 4.00. The van der Waals surface area contributed by atoms with Crippen LogP contribution in [0.1, 0.15) is 20.3 Å². The maximum atomic E-state index is 12.7. The molecule has 0 spiro atoms. The molecule has 0 saturated carbocycles. The molecule has 1 aliphatic heterocycles. The molecule has 3 nitrogen and oxygen atoms in total. The SMILES string of the molecule is CC(C)N1CC[C@H](C(=O)O)[C@H]1C(F)(F)F. The number of hydrogen-bond acceptors (Lipinski definition) is 2. The molecule has 1 rings (SSSR count). The van der Waals surface area contributed by atoms with Crippen molar-refractivity contribution >= 4 is 5.97 Å². The third kappa shape index (κ3) is 2.42. The molecule has 0 aromatic carbocycles. The highest BCUT2D eigenvalue weighted by atomic mass is 19.4. The summed E-state index contributed by atoms with van der Waals surface area (Å²) in [5.74, 6) is -2.69. The molecule has 1 fully saturated rings. The second-order valence-electron chi connectivity index (χ2n) is 4.05. The Morgan fingerprint density at radius 3 is 2.33 bits per heavy atom. The number of rotatable bonds is 2. The predicted molar refractivity (Wildman–Crippen MR) is 47.4 cm³/mol. The van der Waals surface area contributed by atoms with Gasteiger partial charge in [0, 0.05) is 6.04 Å². The normalized spacial score (nSPS) is 28.7. The average Bonchev–Trinajstić information content (AvgIpc) is 2.45. The maximum Gasteiger partial charge on any atom is 0.404 e. The van der Waals surface area contributed by atoms with Gasteiger partial charge in [-0.2, -0.15) is 13.2 Å². The van der Waals surface area contributed by atoms with Crippen molar-refractivity contribution in [3.63, 3.8) is 0 Å². The van der Waals surface area contributed by atoms with Gasteiger partial charge in [-0.05, 0) is 26.8 Å². The zero-order valence-corrected chi connectivity index (χ0v) is 8.58. The highest BCUT2D eigenvalue weighted by Gasteiger charge is 2.54.